The van der Waals surface area contributed by atoms with E-state index in [1.54, 1.807) is 27.0 Å². The summed E-state index contributed by atoms with van der Waals surface area (Å²) in [5.74, 6) is 0.151. The normalized spacial score (nSPS) is 15.3. The van der Waals surface area contributed by atoms with Crippen molar-refractivity contribution in [3.63, 3.8) is 0 Å². The molecule has 4 rings (SSSR count). The average molecular weight is 540 g/mol. The summed E-state index contributed by atoms with van der Waals surface area (Å²) in [5.41, 5.74) is 2.99. The van der Waals surface area contributed by atoms with Gasteiger partial charge in [-0.05, 0) is 57.5 Å². The molecule has 0 saturated carbocycles. The van der Waals surface area contributed by atoms with Crippen LogP contribution in [-0.4, -0.2) is 37.3 Å². The van der Waals surface area contributed by atoms with Gasteiger partial charge >= 0.3 is 5.97 Å². The highest BCUT2D eigenvalue weighted by atomic mass is 35.5. The van der Waals surface area contributed by atoms with Crippen molar-refractivity contribution in [3.05, 3.63) is 89.6 Å². The van der Waals surface area contributed by atoms with Crippen LogP contribution in [0, 0.1) is 0 Å². The minimum absolute atomic E-state index is 0.207. The van der Waals surface area contributed by atoms with Gasteiger partial charge in [-0.3, -0.25) is 9.36 Å². The van der Waals surface area contributed by atoms with Gasteiger partial charge in [0, 0.05) is 35.4 Å². The Bertz CT molecular complexity index is 1540. The molecule has 1 aromatic heterocycles. The SMILES string of the molecule is CCOC(=O)C1=C(C)N=c2s/c(=C/c3ccc(N(CC)CC)cc3OC)c(=O)n2[C@@H]1c1ccccc1Cl. The Kier molecular flexibility index (Phi) is 8.19. The number of carbonyl (C=O) groups excluding carboxylic acids is 1. The summed E-state index contributed by atoms with van der Waals surface area (Å²) in [6.07, 6.45) is 1.81. The van der Waals surface area contributed by atoms with Gasteiger partial charge in [0.1, 0.15) is 11.8 Å². The van der Waals surface area contributed by atoms with Crippen molar-refractivity contribution in [1.82, 2.24) is 4.57 Å². The Hall–Kier alpha value is -3.36. The van der Waals surface area contributed by atoms with Crippen LogP contribution in [0.1, 0.15) is 44.9 Å². The van der Waals surface area contributed by atoms with Gasteiger partial charge in [0.25, 0.3) is 5.56 Å². The van der Waals surface area contributed by atoms with E-state index < -0.39 is 12.0 Å². The second-order valence-corrected chi connectivity index (χ2v) is 9.84. The van der Waals surface area contributed by atoms with Gasteiger partial charge in [0.15, 0.2) is 4.80 Å². The molecule has 7 nitrogen and oxygen atoms in total. The number of allylic oxidation sites excluding steroid dienone is 1. The Labute approximate surface area is 224 Å². The minimum Gasteiger partial charge on any atom is -0.496 e. The first kappa shape index (κ1) is 26.7. The smallest absolute Gasteiger partial charge is 0.338 e. The van der Waals surface area contributed by atoms with Crippen molar-refractivity contribution >= 4 is 40.7 Å². The molecule has 0 amide bonds. The van der Waals surface area contributed by atoms with Crippen LogP contribution in [0.2, 0.25) is 5.02 Å². The lowest BCUT2D eigenvalue weighted by Crippen LogP contribution is -2.40. The van der Waals surface area contributed by atoms with Gasteiger partial charge in [-0.25, -0.2) is 9.79 Å². The molecule has 37 heavy (non-hydrogen) atoms. The molecule has 0 fully saturated rings. The van der Waals surface area contributed by atoms with Gasteiger partial charge in [0.05, 0.1) is 29.5 Å². The zero-order valence-electron chi connectivity index (χ0n) is 21.6. The van der Waals surface area contributed by atoms with Gasteiger partial charge in [0.2, 0.25) is 0 Å². The Morgan fingerprint density at radius 2 is 1.92 bits per heavy atom. The lowest BCUT2D eigenvalue weighted by molar-refractivity contribution is -0.139. The van der Waals surface area contributed by atoms with Gasteiger partial charge < -0.3 is 14.4 Å². The first-order chi connectivity index (χ1) is 17.8. The van der Waals surface area contributed by atoms with Crippen LogP contribution in [0.15, 0.2) is 63.5 Å². The fourth-order valence-electron chi connectivity index (χ4n) is 4.53. The topological polar surface area (TPSA) is 73.1 Å². The summed E-state index contributed by atoms with van der Waals surface area (Å²) in [6, 6.07) is 12.4. The number of esters is 1. The molecule has 9 heteroatoms. The van der Waals surface area contributed by atoms with Crippen molar-refractivity contribution < 1.29 is 14.3 Å². The summed E-state index contributed by atoms with van der Waals surface area (Å²) in [7, 11) is 1.62. The molecule has 0 unspecified atom stereocenters. The predicted octanol–water partition coefficient (Wildman–Crippen LogP) is 4.31. The number of thiazole rings is 1. The number of rotatable bonds is 8. The number of hydrogen-bond donors (Lipinski definition) is 0. The third-order valence-corrected chi connectivity index (χ3v) is 7.68. The van der Waals surface area contributed by atoms with E-state index >= 15 is 0 Å². The maximum absolute atomic E-state index is 13.8. The highest BCUT2D eigenvalue weighted by Crippen LogP contribution is 2.34. The molecule has 1 aliphatic heterocycles. The van der Waals surface area contributed by atoms with E-state index in [4.69, 9.17) is 21.1 Å². The third-order valence-electron chi connectivity index (χ3n) is 6.35. The molecule has 0 aliphatic carbocycles. The zero-order valence-corrected chi connectivity index (χ0v) is 23.2. The summed E-state index contributed by atoms with van der Waals surface area (Å²) in [4.78, 5) is 34.2. The Morgan fingerprint density at radius 1 is 1.19 bits per heavy atom. The van der Waals surface area contributed by atoms with E-state index in [0.29, 0.717) is 36.9 Å². The summed E-state index contributed by atoms with van der Waals surface area (Å²) < 4.78 is 13.0. The molecule has 2 heterocycles. The van der Waals surface area contributed by atoms with Gasteiger partial charge in [-0.1, -0.05) is 41.1 Å². The van der Waals surface area contributed by atoms with E-state index in [1.807, 2.05) is 42.5 Å². The second-order valence-electron chi connectivity index (χ2n) is 8.42. The summed E-state index contributed by atoms with van der Waals surface area (Å²) in [5, 5.41) is 0.451. The fourth-order valence-corrected chi connectivity index (χ4v) is 5.80. The third kappa shape index (κ3) is 5.08. The summed E-state index contributed by atoms with van der Waals surface area (Å²) in [6.45, 7) is 9.66. The fraction of sp³-hybridized carbons (Fsp3) is 0.321. The number of aromatic nitrogens is 1. The van der Waals surface area contributed by atoms with Crippen molar-refractivity contribution in [2.45, 2.75) is 33.7 Å². The lowest BCUT2D eigenvalue weighted by atomic mass is 9.96. The monoisotopic (exact) mass is 539 g/mol. The average Bonchev–Trinajstić information content (AvgIpc) is 3.19. The molecule has 0 bridgehead atoms. The predicted molar refractivity (Wildman–Crippen MR) is 148 cm³/mol. The molecule has 1 atom stereocenters. The van der Waals surface area contributed by atoms with E-state index in [2.05, 4.69) is 23.7 Å². The number of halogens is 1. The molecule has 0 radical (unpaired) electrons. The number of benzene rings is 2. The molecular weight excluding hydrogens is 510 g/mol. The largest absolute Gasteiger partial charge is 0.496 e. The van der Waals surface area contributed by atoms with Crippen LogP contribution in [-0.2, 0) is 9.53 Å². The van der Waals surface area contributed by atoms with Crippen molar-refractivity contribution in [1.29, 1.82) is 0 Å². The van der Waals surface area contributed by atoms with E-state index in [1.165, 1.54) is 15.9 Å². The number of carbonyl (C=O) groups is 1. The minimum atomic E-state index is -0.752. The number of nitrogens with zero attached hydrogens (tertiary/aromatic N) is 3. The quantitative estimate of drug-likeness (QED) is 0.399. The van der Waals surface area contributed by atoms with Crippen LogP contribution in [0.4, 0.5) is 5.69 Å². The van der Waals surface area contributed by atoms with Crippen molar-refractivity contribution in [2.75, 3.05) is 31.7 Å². The standard InChI is InChI=1S/C28H30ClN3O4S/c1-6-31(7-2)19-14-13-18(22(16-19)35-5)15-23-26(33)32-25(20-11-9-10-12-21(20)29)24(27(34)36-8-3)17(4)30-28(32)37-23/h9-16,25H,6-8H2,1-5H3/b23-15+/t25-/m1/s1. The first-order valence-electron chi connectivity index (χ1n) is 12.2. The van der Waals surface area contributed by atoms with Gasteiger partial charge in [-0.15, -0.1) is 0 Å². The Morgan fingerprint density at radius 3 is 2.57 bits per heavy atom. The molecule has 0 N–H and O–H groups in total. The number of ether oxygens (including phenoxy) is 2. The number of hydrogen-bond acceptors (Lipinski definition) is 7. The van der Waals surface area contributed by atoms with Crippen LogP contribution in [0.5, 0.6) is 5.75 Å². The maximum atomic E-state index is 13.8. The van der Waals surface area contributed by atoms with E-state index in [-0.39, 0.29) is 12.2 Å². The molecule has 2 aromatic carbocycles. The van der Waals surface area contributed by atoms with Crippen LogP contribution < -0.4 is 24.5 Å². The first-order valence-corrected chi connectivity index (χ1v) is 13.4. The Balaban J connectivity index is 1.92. The molecule has 1 aliphatic rings. The van der Waals surface area contributed by atoms with E-state index in [9.17, 15) is 9.59 Å². The highest BCUT2D eigenvalue weighted by Gasteiger charge is 2.34. The van der Waals surface area contributed by atoms with Gasteiger partial charge in [-0.2, -0.15) is 0 Å². The summed E-state index contributed by atoms with van der Waals surface area (Å²) >= 11 is 7.83. The molecule has 0 spiro atoms. The second kappa shape index (κ2) is 11.4. The number of fused-ring (bicyclic) bond motifs is 1. The van der Waals surface area contributed by atoms with Crippen molar-refractivity contribution in [2.24, 2.45) is 4.99 Å². The zero-order chi connectivity index (χ0) is 26.7. The molecule has 194 valence electrons. The molecular formula is C28H30ClN3O4S. The van der Waals surface area contributed by atoms with Crippen LogP contribution in [0.3, 0.4) is 0 Å². The highest BCUT2D eigenvalue weighted by molar-refractivity contribution is 7.07. The van der Waals surface area contributed by atoms with Crippen molar-refractivity contribution in [3.8, 4) is 5.75 Å². The molecule has 0 saturated heterocycles. The number of methoxy groups -OCH3 is 1. The molecule has 3 aromatic rings. The maximum Gasteiger partial charge on any atom is 0.338 e. The van der Waals surface area contributed by atoms with Crippen LogP contribution in [0.25, 0.3) is 6.08 Å². The number of anilines is 1. The van der Waals surface area contributed by atoms with Crippen LogP contribution >= 0.6 is 22.9 Å². The van der Waals surface area contributed by atoms with E-state index in [0.717, 1.165) is 24.3 Å². The lowest BCUT2D eigenvalue weighted by Gasteiger charge is -2.25.